The number of hydrogen-bond donors (Lipinski definition) is 1. The van der Waals surface area contributed by atoms with Crippen LogP contribution in [-0.2, 0) is 17.4 Å². The van der Waals surface area contributed by atoms with Gasteiger partial charge < -0.3 is 10.2 Å². The lowest BCUT2D eigenvalue weighted by Crippen LogP contribution is -2.23. The van der Waals surface area contributed by atoms with Crippen molar-refractivity contribution < 1.29 is 18.0 Å². The minimum Gasteiger partial charge on any atom is -0.348 e. The Morgan fingerprint density at radius 3 is 2.47 bits per heavy atom. The number of aromatic nitrogens is 3. The average Bonchev–Trinajstić information content (AvgIpc) is 2.67. The first-order valence-corrected chi connectivity index (χ1v) is 9.06. The molecule has 0 aliphatic heterocycles. The molecule has 0 radical (unpaired) electrons. The number of benzene rings is 1. The van der Waals surface area contributed by atoms with Crippen LogP contribution in [0.3, 0.4) is 0 Å². The molecule has 3 aromatic rings. The molecule has 1 aromatic carbocycles. The molecule has 0 aliphatic carbocycles. The fraction of sp³-hybridized carbons (Fsp3) is 0.238. The molecular weight excluding hydrogens is 395 g/mol. The minimum atomic E-state index is -4.54. The van der Waals surface area contributed by atoms with Crippen molar-refractivity contribution in [2.24, 2.45) is 0 Å². The molecule has 0 aliphatic rings. The van der Waals surface area contributed by atoms with Gasteiger partial charge in [-0.05, 0) is 42.3 Å². The summed E-state index contributed by atoms with van der Waals surface area (Å²) in [5.74, 6) is -0.185. The van der Waals surface area contributed by atoms with Crippen molar-refractivity contribution in [1.82, 2.24) is 19.9 Å². The number of anilines is 2. The number of carbonyl (C=O) groups excluding carboxylic acids is 1. The average molecular weight is 415 g/mol. The van der Waals surface area contributed by atoms with Crippen LogP contribution in [0, 0.1) is 6.92 Å². The number of aryl methyl sites for hydroxylation is 1. The van der Waals surface area contributed by atoms with E-state index in [1.165, 1.54) is 4.90 Å². The normalized spacial score (nSPS) is 11.3. The lowest BCUT2D eigenvalue weighted by molar-refractivity contribution is -0.141. The number of pyridine rings is 1. The summed E-state index contributed by atoms with van der Waals surface area (Å²) in [6.07, 6.45) is -1.61. The first kappa shape index (κ1) is 21.2. The van der Waals surface area contributed by atoms with E-state index in [1.807, 2.05) is 19.1 Å². The van der Waals surface area contributed by atoms with Crippen molar-refractivity contribution in [2.75, 3.05) is 19.4 Å². The topological polar surface area (TPSA) is 71.0 Å². The zero-order valence-corrected chi connectivity index (χ0v) is 16.7. The summed E-state index contributed by atoms with van der Waals surface area (Å²) < 4.78 is 38.6. The first-order chi connectivity index (χ1) is 14.1. The second kappa shape index (κ2) is 8.48. The van der Waals surface area contributed by atoms with Crippen molar-refractivity contribution in [3.8, 4) is 11.1 Å². The van der Waals surface area contributed by atoms with Gasteiger partial charge in [0.15, 0.2) is 0 Å². The summed E-state index contributed by atoms with van der Waals surface area (Å²) in [5.41, 5.74) is 2.72. The Morgan fingerprint density at radius 2 is 1.83 bits per heavy atom. The van der Waals surface area contributed by atoms with Gasteiger partial charge in [-0.1, -0.05) is 12.1 Å². The van der Waals surface area contributed by atoms with Gasteiger partial charge in [-0.15, -0.1) is 0 Å². The van der Waals surface area contributed by atoms with Crippen molar-refractivity contribution in [1.29, 1.82) is 0 Å². The van der Waals surface area contributed by atoms with Crippen LogP contribution in [0.2, 0.25) is 0 Å². The predicted octanol–water partition coefficient (Wildman–Crippen LogP) is 4.24. The summed E-state index contributed by atoms with van der Waals surface area (Å²) in [4.78, 5) is 25.0. The monoisotopic (exact) mass is 415 g/mol. The highest BCUT2D eigenvalue weighted by Gasteiger charge is 2.32. The van der Waals surface area contributed by atoms with E-state index in [0.717, 1.165) is 29.0 Å². The molecule has 0 saturated carbocycles. The number of likely N-dealkylation sites (N-methyl/N-ethyl adjacent to an activating group) is 1. The van der Waals surface area contributed by atoms with Gasteiger partial charge >= 0.3 is 6.18 Å². The molecule has 6 nitrogen and oxygen atoms in total. The Hall–Kier alpha value is -3.49. The van der Waals surface area contributed by atoms with E-state index in [2.05, 4.69) is 20.3 Å². The lowest BCUT2D eigenvalue weighted by Gasteiger charge is -2.12. The SMILES string of the molecule is Cc1cc(Nc2nccc(C(F)(F)F)n2)cc(-c2ccc(CC(=O)N(C)C)nc2)c1. The molecule has 1 amide bonds. The third kappa shape index (κ3) is 5.31. The Bertz CT molecular complexity index is 1050. The fourth-order valence-electron chi connectivity index (χ4n) is 2.74. The second-order valence-electron chi connectivity index (χ2n) is 6.98. The zero-order chi connectivity index (χ0) is 21.9. The Morgan fingerprint density at radius 1 is 1.07 bits per heavy atom. The van der Waals surface area contributed by atoms with Gasteiger partial charge in [-0.2, -0.15) is 13.2 Å². The van der Waals surface area contributed by atoms with Gasteiger partial charge in [-0.25, -0.2) is 9.97 Å². The van der Waals surface area contributed by atoms with Gasteiger partial charge in [0.2, 0.25) is 11.9 Å². The van der Waals surface area contributed by atoms with Crippen LogP contribution < -0.4 is 5.32 Å². The molecule has 0 fully saturated rings. The van der Waals surface area contributed by atoms with Crippen molar-refractivity contribution in [3.05, 3.63) is 65.7 Å². The van der Waals surface area contributed by atoms with Crippen molar-refractivity contribution >= 4 is 17.5 Å². The Kier molecular flexibility index (Phi) is 6.00. The lowest BCUT2D eigenvalue weighted by atomic mass is 10.0. The highest BCUT2D eigenvalue weighted by Crippen LogP contribution is 2.29. The molecule has 1 N–H and O–H groups in total. The maximum absolute atomic E-state index is 12.9. The third-order valence-electron chi connectivity index (χ3n) is 4.27. The zero-order valence-electron chi connectivity index (χ0n) is 16.7. The summed E-state index contributed by atoms with van der Waals surface area (Å²) in [6.45, 7) is 1.87. The molecular formula is C21H20F3N5O. The number of hydrogen-bond acceptors (Lipinski definition) is 5. The summed E-state index contributed by atoms with van der Waals surface area (Å²) in [5, 5.41) is 2.82. The number of amides is 1. The Balaban J connectivity index is 1.83. The maximum atomic E-state index is 12.9. The molecule has 0 saturated heterocycles. The van der Waals surface area contributed by atoms with E-state index < -0.39 is 11.9 Å². The molecule has 3 rings (SSSR count). The molecule has 9 heteroatoms. The van der Waals surface area contributed by atoms with Crippen LogP contribution in [0.4, 0.5) is 24.8 Å². The largest absolute Gasteiger partial charge is 0.433 e. The molecule has 0 unspecified atom stereocenters. The summed E-state index contributed by atoms with van der Waals surface area (Å²) >= 11 is 0. The van der Waals surface area contributed by atoms with E-state index in [0.29, 0.717) is 11.4 Å². The summed E-state index contributed by atoms with van der Waals surface area (Å²) in [7, 11) is 3.37. The highest BCUT2D eigenvalue weighted by atomic mass is 19.4. The number of nitrogens with one attached hydrogen (secondary N) is 1. The molecule has 0 atom stereocenters. The number of alkyl halides is 3. The van der Waals surface area contributed by atoms with Crippen molar-refractivity contribution in [2.45, 2.75) is 19.5 Å². The standard InChI is InChI=1S/C21H20F3N5O/c1-13-8-15(14-4-5-16(26-12-14)11-19(30)29(2)3)10-17(9-13)27-20-25-7-6-18(28-20)21(22,23)24/h4-10,12H,11H2,1-3H3,(H,25,27,28). The third-order valence-corrected chi connectivity index (χ3v) is 4.27. The molecule has 2 aromatic heterocycles. The van der Waals surface area contributed by atoms with Gasteiger partial charge in [0.25, 0.3) is 0 Å². The smallest absolute Gasteiger partial charge is 0.348 e. The van der Waals surface area contributed by atoms with Crippen LogP contribution in [0.5, 0.6) is 0 Å². The summed E-state index contributed by atoms with van der Waals surface area (Å²) in [6, 6.07) is 9.94. The van der Waals surface area contributed by atoms with Gasteiger partial charge in [-0.3, -0.25) is 9.78 Å². The number of rotatable bonds is 5. The molecule has 0 spiro atoms. The quantitative estimate of drug-likeness (QED) is 0.675. The Labute approximate surface area is 171 Å². The van der Waals surface area contributed by atoms with Gasteiger partial charge in [0, 0.05) is 43.4 Å². The van der Waals surface area contributed by atoms with E-state index in [4.69, 9.17) is 0 Å². The van der Waals surface area contributed by atoms with E-state index >= 15 is 0 Å². The highest BCUT2D eigenvalue weighted by molar-refractivity contribution is 5.78. The number of nitrogens with zero attached hydrogens (tertiary/aromatic N) is 4. The van der Waals surface area contributed by atoms with Gasteiger partial charge in [0.05, 0.1) is 6.42 Å². The van der Waals surface area contributed by atoms with Crippen molar-refractivity contribution in [3.63, 3.8) is 0 Å². The van der Waals surface area contributed by atoms with Crippen LogP contribution in [-0.4, -0.2) is 39.9 Å². The minimum absolute atomic E-state index is 0.0432. The van der Waals surface area contributed by atoms with E-state index in [1.54, 1.807) is 38.5 Å². The predicted molar refractivity (Wildman–Crippen MR) is 107 cm³/mol. The number of carbonyl (C=O) groups is 1. The molecule has 0 bridgehead atoms. The number of halogens is 3. The first-order valence-electron chi connectivity index (χ1n) is 9.06. The van der Waals surface area contributed by atoms with Gasteiger partial charge in [0.1, 0.15) is 5.69 Å². The van der Waals surface area contributed by atoms with E-state index in [-0.39, 0.29) is 18.3 Å². The van der Waals surface area contributed by atoms with Crippen LogP contribution >= 0.6 is 0 Å². The molecule has 156 valence electrons. The molecule has 2 heterocycles. The van der Waals surface area contributed by atoms with Crippen LogP contribution in [0.15, 0.2) is 48.8 Å². The second-order valence-corrected chi connectivity index (χ2v) is 6.98. The van der Waals surface area contributed by atoms with Crippen LogP contribution in [0.25, 0.3) is 11.1 Å². The molecule has 30 heavy (non-hydrogen) atoms. The maximum Gasteiger partial charge on any atom is 0.433 e. The van der Waals surface area contributed by atoms with E-state index in [9.17, 15) is 18.0 Å². The fourth-order valence-corrected chi connectivity index (χ4v) is 2.74. The van der Waals surface area contributed by atoms with Crippen LogP contribution in [0.1, 0.15) is 17.0 Å².